The first-order valence-electron chi connectivity index (χ1n) is 4.70. The first-order valence-corrected chi connectivity index (χ1v) is 4.70. The zero-order valence-corrected chi connectivity index (χ0v) is 8.96. The number of benzene rings is 1. The summed E-state index contributed by atoms with van der Waals surface area (Å²) < 4.78 is 17.4. The Morgan fingerprint density at radius 3 is 2.65 bits per heavy atom. The minimum atomic E-state index is -1.87. The molecule has 6 heteroatoms. The highest BCUT2D eigenvalue weighted by Crippen LogP contribution is 2.22. The van der Waals surface area contributed by atoms with Gasteiger partial charge >= 0.3 is 5.97 Å². The summed E-state index contributed by atoms with van der Waals surface area (Å²) in [7, 11) is 1.03. The third-order valence-electron chi connectivity index (χ3n) is 2.26. The number of aliphatic hydroxyl groups is 2. The van der Waals surface area contributed by atoms with E-state index in [1.165, 1.54) is 12.1 Å². The summed E-state index contributed by atoms with van der Waals surface area (Å²) in [6.07, 6.45) is -3.39. The number of esters is 1. The Labute approximate surface area is 96.4 Å². The minimum Gasteiger partial charge on any atom is -0.467 e. The normalized spacial score (nSPS) is 13.9. The molecule has 0 aliphatic carbocycles. The third-order valence-corrected chi connectivity index (χ3v) is 2.26. The highest BCUT2D eigenvalue weighted by molar-refractivity contribution is 5.80. The third kappa shape index (κ3) is 2.66. The van der Waals surface area contributed by atoms with Gasteiger partial charge in [0.25, 0.3) is 0 Å². The fourth-order valence-corrected chi connectivity index (χ4v) is 1.36. The highest BCUT2D eigenvalue weighted by Gasteiger charge is 2.28. The Balaban J connectivity index is 3.12. The zero-order chi connectivity index (χ0) is 13.0. The van der Waals surface area contributed by atoms with Crippen molar-refractivity contribution in [3.8, 4) is 0 Å². The Hall–Kier alpha value is -1.79. The second kappa shape index (κ2) is 5.51. The van der Waals surface area contributed by atoms with Crippen LogP contribution in [-0.2, 0) is 9.53 Å². The van der Waals surface area contributed by atoms with Crippen LogP contribution in [0.4, 0.5) is 4.39 Å². The van der Waals surface area contributed by atoms with E-state index in [9.17, 15) is 24.2 Å². The van der Waals surface area contributed by atoms with Crippen LogP contribution in [0.25, 0.3) is 0 Å². The molecule has 0 heterocycles. The summed E-state index contributed by atoms with van der Waals surface area (Å²) in [6, 6.07) is 3.53. The molecule has 92 valence electrons. The number of carbonyl (C=O) groups is 2. The standard InChI is InChI=1S/C11H11FO5/c1-17-11(16)10(15)9(14)6-3-2-4-8(12)7(6)5-13/h2-5,9-10,14-15H,1H3. The van der Waals surface area contributed by atoms with Gasteiger partial charge in [-0.3, -0.25) is 4.79 Å². The molecule has 0 radical (unpaired) electrons. The molecule has 5 nitrogen and oxygen atoms in total. The number of aliphatic hydroxyl groups excluding tert-OH is 2. The van der Waals surface area contributed by atoms with E-state index in [-0.39, 0.29) is 11.8 Å². The first-order chi connectivity index (χ1) is 8.02. The summed E-state index contributed by atoms with van der Waals surface area (Å²) in [5.41, 5.74) is -0.569. The number of ether oxygens (including phenoxy) is 1. The van der Waals surface area contributed by atoms with Crippen LogP contribution in [0.2, 0.25) is 0 Å². The van der Waals surface area contributed by atoms with E-state index in [1.54, 1.807) is 0 Å². The lowest BCUT2D eigenvalue weighted by atomic mass is 9.99. The molecule has 0 aliphatic heterocycles. The smallest absolute Gasteiger partial charge is 0.337 e. The van der Waals surface area contributed by atoms with Crippen molar-refractivity contribution in [1.82, 2.24) is 0 Å². The molecule has 2 N–H and O–H groups in total. The second-order valence-corrected chi connectivity index (χ2v) is 3.27. The van der Waals surface area contributed by atoms with Gasteiger partial charge in [0.2, 0.25) is 0 Å². The molecule has 0 aromatic heterocycles. The van der Waals surface area contributed by atoms with Gasteiger partial charge in [-0.1, -0.05) is 12.1 Å². The van der Waals surface area contributed by atoms with Crippen LogP contribution in [0, 0.1) is 5.82 Å². The number of hydrogen-bond acceptors (Lipinski definition) is 5. The van der Waals surface area contributed by atoms with Crippen LogP contribution in [0.3, 0.4) is 0 Å². The number of carbonyl (C=O) groups excluding carboxylic acids is 2. The number of aldehydes is 1. The molecule has 2 atom stereocenters. The van der Waals surface area contributed by atoms with Crippen LogP contribution in [0.1, 0.15) is 22.0 Å². The van der Waals surface area contributed by atoms with E-state index in [0.717, 1.165) is 13.2 Å². The van der Waals surface area contributed by atoms with Gasteiger partial charge in [0, 0.05) is 0 Å². The van der Waals surface area contributed by atoms with Gasteiger partial charge in [-0.25, -0.2) is 9.18 Å². The van der Waals surface area contributed by atoms with Crippen molar-refractivity contribution >= 4 is 12.3 Å². The van der Waals surface area contributed by atoms with Gasteiger partial charge in [0.1, 0.15) is 11.9 Å². The van der Waals surface area contributed by atoms with E-state index < -0.39 is 29.6 Å². The van der Waals surface area contributed by atoms with Gasteiger partial charge < -0.3 is 14.9 Å². The minimum absolute atomic E-state index is 0.169. The molecule has 2 unspecified atom stereocenters. The predicted octanol–water partition coefficient (Wildman–Crippen LogP) is 0.206. The quantitative estimate of drug-likeness (QED) is 0.582. The van der Waals surface area contributed by atoms with E-state index in [0.29, 0.717) is 0 Å². The maximum absolute atomic E-state index is 13.2. The summed E-state index contributed by atoms with van der Waals surface area (Å²) >= 11 is 0. The van der Waals surface area contributed by atoms with E-state index in [2.05, 4.69) is 4.74 Å². The Kier molecular flexibility index (Phi) is 4.30. The molecule has 1 rings (SSSR count). The van der Waals surface area contributed by atoms with Crippen LogP contribution in [0.15, 0.2) is 18.2 Å². The molecule has 0 saturated carbocycles. The summed E-state index contributed by atoms with van der Waals surface area (Å²) in [5.74, 6) is -1.91. The van der Waals surface area contributed by atoms with Gasteiger partial charge in [0.15, 0.2) is 12.4 Å². The highest BCUT2D eigenvalue weighted by atomic mass is 19.1. The molecule has 1 aromatic rings. The average Bonchev–Trinajstić information content (AvgIpc) is 2.35. The number of methoxy groups -OCH3 is 1. The van der Waals surface area contributed by atoms with Crippen LogP contribution < -0.4 is 0 Å². The maximum Gasteiger partial charge on any atom is 0.337 e. The zero-order valence-electron chi connectivity index (χ0n) is 8.96. The van der Waals surface area contributed by atoms with E-state index in [1.807, 2.05) is 0 Å². The lowest BCUT2D eigenvalue weighted by Gasteiger charge is -2.17. The van der Waals surface area contributed by atoms with Crippen molar-refractivity contribution in [2.75, 3.05) is 7.11 Å². The first kappa shape index (κ1) is 13.3. The molecule has 0 spiro atoms. The maximum atomic E-state index is 13.2. The van der Waals surface area contributed by atoms with Gasteiger partial charge in [-0.2, -0.15) is 0 Å². The molecular weight excluding hydrogens is 231 g/mol. The number of halogens is 1. The summed E-state index contributed by atoms with van der Waals surface area (Å²) in [6.45, 7) is 0. The molecule has 0 amide bonds. The van der Waals surface area contributed by atoms with E-state index >= 15 is 0 Å². The Morgan fingerprint density at radius 2 is 2.12 bits per heavy atom. The van der Waals surface area contributed by atoms with Crippen molar-refractivity contribution in [2.24, 2.45) is 0 Å². The molecule has 0 aliphatic rings. The van der Waals surface area contributed by atoms with Crippen LogP contribution in [0.5, 0.6) is 0 Å². The second-order valence-electron chi connectivity index (χ2n) is 3.27. The fraction of sp³-hybridized carbons (Fsp3) is 0.273. The Morgan fingerprint density at radius 1 is 1.47 bits per heavy atom. The van der Waals surface area contributed by atoms with Crippen LogP contribution in [-0.4, -0.2) is 35.7 Å². The fourth-order valence-electron chi connectivity index (χ4n) is 1.36. The molecule has 17 heavy (non-hydrogen) atoms. The van der Waals surface area contributed by atoms with Crippen molar-refractivity contribution in [2.45, 2.75) is 12.2 Å². The largest absolute Gasteiger partial charge is 0.467 e. The monoisotopic (exact) mass is 242 g/mol. The molecular formula is C11H11FO5. The summed E-state index contributed by atoms with van der Waals surface area (Å²) in [4.78, 5) is 21.7. The molecule has 0 bridgehead atoms. The van der Waals surface area contributed by atoms with E-state index in [4.69, 9.17) is 0 Å². The average molecular weight is 242 g/mol. The number of rotatable bonds is 4. The van der Waals surface area contributed by atoms with Crippen molar-refractivity contribution in [3.05, 3.63) is 35.1 Å². The molecule has 0 fully saturated rings. The summed E-state index contributed by atoms with van der Waals surface area (Å²) in [5, 5.41) is 19.0. The van der Waals surface area contributed by atoms with Crippen molar-refractivity contribution in [3.63, 3.8) is 0 Å². The molecule has 1 aromatic carbocycles. The van der Waals surface area contributed by atoms with Crippen LogP contribution >= 0.6 is 0 Å². The topological polar surface area (TPSA) is 83.8 Å². The number of hydrogen-bond donors (Lipinski definition) is 2. The molecule has 0 saturated heterocycles. The van der Waals surface area contributed by atoms with Crippen molar-refractivity contribution < 1.29 is 28.9 Å². The van der Waals surface area contributed by atoms with Gasteiger partial charge in [0.05, 0.1) is 12.7 Å². The van der Waals surface area contributed by atoms with Gasteiger partial charge in [-0.15, -0.1) is 0 Å². The lowest BCUT2D eigenvalue weighted by molar-refractivity contribution is -0.156. The predicted molar refractivity (Wildman–Crippen MR) is 54.8 cm³/mol. The lowest BCUT2D eigenvalue weighted by Crippen LogP contribution is -2.29. The van der Waals surface area contributed by atoms with Crippen molar-refractivity contribution in [1.29, 1.82) is 0 Å². The SMILES string of the molecule is COC(=O)C(O)C(O)c1cccc(F)c1C=O. The Bertz CT molecular complexity index is 432. The van der Waals surface area contributed by atoms with Gasteiger partial charge in [-0.05, 0) is 11.6 Å².